The number of benzene rings is 1. The van der Waals surface area contributed by atoms with Crippen molar-refractivity contribution in [1.82, 2.24) is 0 Å². The molecule has 1 unspecified atom stereocenters. The molecule has 1 aliphatic heterocycles. The quantitative estimate of drug-likeness (QED) is 0.733. The van der Waals surface area contributed by atoms with Gasteiger partial charge in [0.05, 0.1) is 13.7 Å². The Morgan fingerprint density at radius 1 is 1.53 bits per heavy atom. The van der Waals surface area contributed by atoms with E-state index in [4.69, 9.17) is 9.47 Å². The Morgan fingerprint density at radius 3 is 3.06 bits per heavy atom. The molecular formula is C14H18O3. The first kappa shape index (κ1) is 12.1. The maximum Gasteiger partial charge on any atom is 0.122 e. The van der Waals surface area contributed by atoms with Crippen molar-refractivity contribution in [2.24, 2.45) is 0 Å². The van der Waals surface area contributed by atoms with Gasteiger partial charge in [0, 0.05) is 18.9 Å². The molecule has 92 valence electrons. The number of carbonyl (C=O) groups is 1. The fourth-order valence-corrected chi connectivity index (χ4v) is 2.26. The van der Waals surface area contributed by atoms with Gasteiger partial charge >= 0.3 is 0 Å². The molecule has 1 aromatic carbocycles. The van der Waals surface area contributed by atoms with Gasteiger partial charge < -0.3 is 14.3 Å². The molecule has 0 bridgehead atoms. The Hall–Kier alpha value is -1.35. The first-order valence-electron chi connectivity index (χ1n) is 6.03. The average Bonchev–Trinajstić information content (AvgIpc) is 2.89. The molecule has 3 nitrogen and oxygen atoms in total. The predicted octanol–water partition coefficient (Wildman–Crippen LogP) is 2.33. The first-order valence-corrected chi connectivity index (χ1v) is 6.03. The summed E-state index contributed by atoms with van der Waals surface area (Å²) in [6.45, 7) is 1.65. The zero-order valence-corrected chi connectivity index (χ0v) is 10.1. The summed E-state index contributed by atoms with van der Waals surface area (Å²) in [6.07, 6.45) is 3.32. The topological polar surface area (TPSA) is 35.5 Å². The van der Waals surface area contributed by atoms with Crippen LogP contribution in [0.25, 0.3) is 0 Å². The Bertz CT molecular complexity index is 381. The lowest BCUT2D eigenvalue weighted by Crippen LogP contribution is -2.00. The van der Waals surface area contributed by atoms with Gasteiger partial charge in [-0.1, -0.05) is 12.1 Å². The number of rotatable bonds is 5. The minimum absolute atomic E-state index is 0.496. The monoisotopic (exact) mass is 234 g/mol. The second-order valence-corrected chi connectivity index (χ2v) is 4.34. The van der Waals surface area contributed by atoms with E-state index in [9.17, 15) is 4.79 Å². The van der Waals surface area contributed by atoms with E-state index in [0.29, 0.717) is 12.3 Å². The molecule has 0 spiro atoms. The fraction of sp³-hybridized carbons (Fsp3) is 0.500. The smallest absolute Gasteiger partial charge is 0.122 e. The van der Waals surface area contributed by atoms with E-state index in [1.807, 2.05) is 6.07 Å². The van der Waals surface area contributed by atoms with Crippen molar-refractivity contribution in [1.29, 1.82) is 0 Å². The van der Waals surface area contributed by atoms with Gasteiger partial charge in [0.25, 0.3) is 0 Å². The summed E-state index contributed by atoms with van der Waals surface area (Å²) in [7, 11) is 1.66. The van der Waals surface area contributed by atoms with Gasteiger partial charge in [-0.15, -0.1) is 0 Å². The van der Waals surface area contributed by atoms with Gasteiger partial charge in [-0.05, 0) is 30.0 Å². The number of hydrogen-bond donors (Lipinski definition) is 0. The van der Waals surface area contributed by atoms with E-state index in [2.05, 4.69) is 12.1 Å². The Balaban J connectivity index is 2.20. The Kier molecular flexibility index (Phi) is 4.15. The number of hydrogen-bond acceptors (Lipinski definition) is 3. The standard InChI is InChI=1S/C14H18O3/c1-16-14-5-4-11(13-6-8-17-10-13)9-12(14)3-2-7-15/h4-5,7,9,13H,2-3,6,8,10H2,1H3. The van der Waals surface area contributed by atoms with Crippen molar-refractivity contribution < 1.29 is 14.3 Å². The van der Waals surface area contributed by atoms with Crippen molar-refractivity contribution in [2.75, 3.05) is 20.3 Å². The minimum atomic E-state index is 0.496. The van der Waals surface area contributed by atoms with Crippen LogP contribution in [0.4, 0.5) is 0 Å². The molecule has 1 atom stereocenters. The average molecular weight is 234 g/mol. The lowest BCUT2D eigenvalue weighted by molar-refractivity contribution is -0.107. The molecule has 0 aliphatic carbocycles. The van der Waals surface area contributed by atoms with Crippen molar-refractivity contribution >= 4 is 6.29 Å². The summed E-state index contributed by atoms with van der Waals surface area (Å²) in [5.41, 5.74) is 2.41. The second kappa shape index (κ2) is 5.82. The molecule has 17 heavy (non-hydrogen) atoms. The number of methoxy groups -OCH3 is 1. The second-order valence-electron chi connectivity index (χ2n) is 4.34. The van der Waals surface area contributed by atoms with Crippen LogP contribution in [0.5, 0.6) is 5.75 Å². The van der Waals surface area contributed by atoms with Crippen LogP contribution in [0.3, 0.4) is 0 Å². The van der Waals surface area contributed by atoms with E-state index in [0.717, 1.165) is 43.7 Å². The summed E-state index contributed by atoms with van der Waals surface area (Å²) < 4.78 is 10.7. The van der Waals surface area contributed by atoms with Gasteiger partial charge in [0.15, 0.2) is 0 Å². The van der Waals surface area contributed by atoms with E-state index < -0.39 is 0 Å². The van der Waals surface area contributed by atoms with E-state index in [-0.39, 0.29) is 0 Å². The summed E-state index contributed by atoms with van der Waals surface area (Å²) in [6, 6.07) is 6.25. The van der Waals surface area contributed by atoms with Crippen LogP contribution in [0.1, 0.15) is 29.9 Å². The highest BCUT2D eigenvalue weighted by molar-refractivity contribution is 5.51. The molecule has 1 saturated heterocycles. The van der Waals surface area contributed by atoms with Crippen LogP contribution in [0.15, 0.2) is 18.2 Å². The summed E-state index contributed by atoms with van der Waals surface area (Å²) >= 11 is 0. The van der Waals surface area contributed by atoms with Crippen LogP contribution < -0.4 is 4.74 Å². The molecule has 0 aromatic heterocycles. The fourth-order valence-electron chi connectivity index (χ4n) is 2.26. The van der Waals surface area contributed by atoms with Crippen molar-refractivity contribution in [2.45, 2.75) is 25.2 Å². The highest BCUT2D eigenvalue weighted by atomic mass is 16.5. The molecule has 3 heteroatoms. The van der Waals surface area contributed by atoms with Gasteiger partial charge in [-0.25, -0.2) is 0 Å². The number of carbonyl (C=O) groups excluding carboxylic acids is 1. The number of aryl methyl sites for hydroxylation is 1. The van der Waals surface area contributed by atoms with E-state index >= 15 is 0 Å². The maximum absolute atomic E-state index is 10.5. The summed E-state index contributed by atoms with van der Waals surface area (Å²) in [5.74, 6) is 1.37. The zero-order valence-electron chi connectivity index (χ0n) is 10.1. The lowest BCUT2D eigenvalue weighted by Gasteiger charge is -2.13. The van der Waals surface area contributed by atoms with Crippen LogP contribution in [0, 0.1) is 0 Å². The molecule has 1 fully saturated rings. The maximum atomic E-state index is 10.5. The highest BCUT2D eigenvalue weighted by Gasteiger charge is 2.18. The summed E-state index contributed by atoms with van der Waals surface area (Å²) in [4.78, 5) is 10.5. The molecule has 2 rings (SSSR count). The third-order valence-corrected chi connectivity index (χ3v) is 3.24. The summed E-state index contributed by atoms with van der Waals surface area (Å²) in [5, 5.41) is 0. The van der Waals surface area contributed by atoms with Crippen LogP contribution >= 0.6 is 0 Å². The molecule has 1 aliphatic rings. The van der Waals surface area contributed by atoms with E-state index in [1.54, 1.807) is 7.11 Å². The molecule has 1 aromatic rings. The van der Waals surface area contributed by atoms with Gasteiger partial charge in [-0.2, -0.15) is 0 Å². The van der Waals surface area contributed by atoms with E-state index in [1.165, 1.54) is 5.56 Å². The van der Waals surface area contributed by atoms with Crippen LogP contribution in [-0.4, -0.2) is 26.6 Å². The predicted molar refractivity (Wildman–Crippen MR) is 65.6 cm³/mol. The molecule has 0 saturated carbocycles. The minimum Gasteiger partial charge on any atom is -0.496 e. The number of ether oxygens (including phenoxy) is 2. The Labute approximate surface area is 102 Å². The largest absolute Gasteiger partial charge is 0.496 e. The molecule has 0 N–H and O–H groups in total. The van der Waals surface area contributed by atoms with Crippen LogP contribution in [-0.2, 0) is 16.0 Å². The van der Waals surface area contributed by atoms with Crippen molar-refractivity contribution in [3.05, 3.63) is 29.3 Å². The van der Waals surface area contributed by atoms with Crippen LogP contribution in [0.2, 0.25) is 0 Å². The highest BCUT2D eigenvalue weighted by Crippen LogP contribution is 2.29. The SMILES string of the molecule is COc1ccc(C2CCOC2)cc1CCC=O. The Morgan fingerprint density at radius 2 is 2.41 bits per heavy atom. The number of aldehydes is 1. The molecular weight excluding hydrogens is 216 g/mol. The zero-order chi connectivity index (χ0) is 12.1. The molecule has 1 heterocycles. The molecule has 0 amide bonds. The van der Waals surface area contributed by atoms with Gasteiger partial charge in [-0.3, -0.25) is 0 Å². The normalized spacial score (nSPS) is 19.2. The first-order chi connectivity index (χ1) is 8.35. The third kappa shape index (κ3) is 2.86. The van der Waals surface area contributed by atoms with Gasteiger partial charge in [0.1, 0.15) is 12.0 Å². The third-order valence-electron chi connectivity index (χ3n) is 3.24. The lowest BCUT2D eigenvalue weighted by atomic mass is 9.95. The molecule has 0 radical (unpaired) electrons. The van der Waals surface area contributed by atoms with Crippen molar-refractivity contribution in [3.8, 4) is 5.75 Å². The van der Waals surface area contributed by atoms with Gasteiger partial charge in [0.2, 0.25) is 0 Å². The van der Waals surface area contributed by atoms with Crippen molar-refractivity contribution in [3.63, 3.8) is 0 Å².